The number of nitrogens with one attached hydrogen (secondary N) is 1. The second-order valence-electron chi connectivity index (χ2n) is 5.67. The molecule has 1 aliphatic heterocycles. The zero-order valence-corrected chi connectivity index (χ0v) is 12.2. The Balaban J connectivity index is 1.68. The van der Waals surface area contributed by atoms with Gasteiger partial charge in [0.2, 0.25) is 0 Å². The van der Waals surface area contributed by atoms with Gasteiger partial charge in [0.15, 0.2) is 0 Å². The molecule has 0 radical (unpaired) electrons. The maximum absolute atomic E-state index is 4.09. The summed E-state index contributed by atoms with van der Waals surface area (Å²) in [6.45, 7) is 9.51. The van der Waals surface area contributed by atoms with Crippen molar-refractivity contribution in [3.8, 4) is 0 Å². The molecule has 19 heavy (non-hydrogen) atoms. The van der Waals surface area contributed by atoms with E-state index >= 15 is 0 Å². The SMILES string of the molecule is CCCN(CCCn1ccnc1)CC1CCCNC1. The van der Waals surface area contributed by atoms with Crippen LogP contribution in [0.3, 0.4) is 0 Å². The molecular weight excluding hydrogens is 236 g/mol. The van der Waals surface area contributed by atoms with Crippen molar-refractivity contribution in [3.63, 3.8) is 0 Å². The summed E-state index contributed by atoms with van der Waals surface area (Å²) in [6, 6.07) is 0. The van der Waals surface area contributed by atoms with Crippen molar-refractivity contribution in [2.24, 2.45) is 5.92 Å². The third-order valence-corrected chi connectivity index (χ3v) is 3.91. The minimum Gasteiger partial charge on any atom is -0.337 e. The molecule has 1 aromatic rings. The molecule has 0 amide bonds. The summed E-state index contributed by atoms with van der Waals surface area (Å²) in [5.41, 5.74) is 0. The van der Waals surface area contributed by atoms with Gasteiger partial charge in [-0.3, -0.25) is 0 Å². The molecule has 0 aliphatic carbocycles. The molecule has 0 bridgehead atoms. The average molecular weight is 264 g/mol. The topological polar surface area (TPSA) is 33.1 Å². The zero-order chi connectivity index (χ0) is 13.3. The highest BCUT2D eigenvalue weighted by atomic mass is 15.1. The smallest absolute Gasteiger partial charge is 0.0945 e. The van der Waals surface area contributed by atoms with Gasteiger partial charge in [0.05, 0.1) is 6.33 Å². The highest BCUT2D eigenvalue weighted by molar-refractivity contribution is 4.75. The number of piperidine rings is 1. The second kappa shape index (κ2) is 8.33. The first-order valence-electron chi connectivity index (χ1n) is 7.77. The predicted octanol–water partition coefficient (Wildman–Crippen LogP) is 1.98. The Morgan fingerprint density at radius 1 is 1.42 bits per heavy atom. The van der Waals surface area contributed by atoms with E-state index in [0.29, 0.717) is 0 Å². The van der Waals surface area contributed by atoms with Crippen LogP contribution in [0.15, 0.2) is 18.7 Å². The summed E-state index contributed by atoms with van der Waals surface area (Å²) in [5, 5.41) is 3.52. The highest BCUT2D eigenvalue weighted by Crippen LogP contribution is 2.12. The normalized spacial score (nSPS) is 20.0. The van der Waals surface area contributed by atoms with Gasteiger partial charge < -0.3 is 14.8 Å². The minimum atomic E-state index is 0.855. The van der Waals surface area contributed by atoms with Gasteiger partial charge in [0, 0.05) is 25.5 Å². The van der Waals surface area contributed by atoms with Crippen LogP contribution in [0.2, 0.25) is 0 Å². The van der Waals surface area contributed by atoms with Gasteiger partial charge in [0.25, 0.3) is 0 Å². The predicted molar refractivity (Wildman–Crippen MR) is 79.2 cm³/mol. The van der Waals surface area contributed by atoms with Gasteiger partial charge in [-0.25, -0.2) is 4.98 Å². The molecule has 1 atom stereocenters. The fraction of sp³-hybridized carbons (Fsp3) is 0.800. The summed E-state index contributed by atoms with van der Waals surface area (Å²) in [5.74, 6) is 0.855. The Hall–Kier alpha value is -0.870. The summed E-state index contributed by atoms with van der Waals surface area (Å²) in [6.07, 6.45) is 11.0. The van der Waals surface area contributed by atoms with Crippen LogP contribution >= 0.6 is 0 Å². The highest BCUT2D eigenvalue weighted by Gasteiger charge is 2.16. The number of imidazole rings is 1. The van der Waals surface area contributed by atoms with Crippen LogP contribution in [-0.4, -0.2) is 47.2 Å². The lowest BCUT2D eigenvalue weighted by Gasteiger charge is -2.30. The lowest BCUT2D eigenvalue weighted by Crippen LogP contribution is -2.39. The zero-order valence-electron chi connectivity index (χ0n) is 12.2. The molecule has 1 fully saturated rings. The van der Waals surface area contributed by atoms with E-state index in [4.69, 9.17) is 0 Å². The van der Waals surface area contributed by atoms with E-state index in [1.165, 1.54) is 58.4 Å². The maximum Gasteiger partial charge on any atom is 0.0945 e. The molecule has 1 aromatic heterocycles. The molecular formula is C15H28N4. The summed E-state index contributed by atoms with van der Waals surface area (Å²) >= 11 is 0. The Morgan fingerprint density at radius 3 is 3.05 bits per heavy atom. The fourth-order valence-corrected chi connectivity index (χ4v) is 2.95. The quantitative estimate of drug-likeness (QED) is 0.779. The van der Waals surface area contributed by atoms with Gasteiger partial charge in [0.1, 0.15) is 0 Å². The largest absolute Gasteiger partial charge is 0.337 e. The maximum atomic E-state index is 4.09. The molecule has 0 saturated carbocycles. The molecule has 1 N–H and O–H groups in total. The van der Waals surface area contributed by atoms with E-state index in [-0.39, 0.29) is 0 Å². The molecule has 0 aromatic carbocycles. The summed E-state index contributed by atoms with van der Waals surface area (Å²) in [7, 11) is 0. The molecule has 4 heteroatoms. The Labute approximate surface area is 117 Å². The van der Waals surface area contributed by atoms with Crippen molar-refractivity contribution >= 4 is 0 Å². The van der Waals surface area contributed by atoms with Crippen LogP contribution in [0.1, 0.15) is 32.6 Å². The Kier molecular flexibility index (Phi) is 6.37. The fourth-order valence-electron chi connectivity index (χ4n) is 2.95. The standard InChI is InChI=1S/C15H28N4/c1-2-8-18(13-15-5-3-6-16-12-15)9-4-10-19-11-7-17-14-19/h7,11,14-16H,2-6,8-10,12-13H2,1H3. The lowest BCUT2D eigenvalue weighted by molar-refractivity contribution is 0.203. The van der Waals surface area contributed by atoms with Crippen molar-refractivity contribution in [2.45, 2.75) is 39.2 Å². The van der Waals surface area contributed by atoms with Gasteiger partial charge in [-0.1, -0.05) is 6.92 Å². The van der Waals surface area contributed by atoms with Crippen LogP contribution in [0.4, 0.5) is 0 Å². The molecule has 1 saturated heterocycles. The summed E-state index contributed by atoms with van der Waals surface area (Å²) < 4.78 is 2.17. The van der Waals surface area contributed by atoms with Gasteiger partial charge >= 0.3 is 0 Å². The molecule has 2 heterocycles. The number of aromatic nitrogens is 2. The van der Waals surface area contributed by atoms with Gasteiger partial charge in [-0.2, -0.15) is 0 Å². The number of hydrogen-bond acceptors (Lipinski definition) is 3. The first-order chi connectivity index (χ1) is 9.38. The molecule has 1 unspecified atom stereocenters. The number of nitrogens with zero attached hydrogens (tertiary/aromatic N) is 3. The van der Waals surface area contributed by atoms with Crippen LogP contribution < -0.4 is 5.32 Å². The van der Waals surface area contributed by atoms with E-state index in [9.17, 15) is 0 Å². The van der Waals surface area contributed by atoms with Gasteiger partial charge in [-0.05, 0) is 57.8 Å². The number of hydrogen-bond donors (Lipinski definition) is 1. The van der Waals surface area contributed by atoms with Crippen LogP contribution in [0.5, 0.6) is 0 Å². The van der Waals surface area contributed by atoms with E-state index < -0.39 is 0 Å². The summed E-state index contributed by atoms with van der Waals surface area (Å²) in [4.78, 5) is 6.74. The lowest BCUT2D eigenvalue weighted by atomic mass is 9.99. The van der Waals surface area contributed by atoms with Crippen molar-refractivity contribution in [1.82, 2.24) is 19.8 Å². The van der Waals surface area contributed by atoms with Crippen LogP contribution in [0.25, 0.3) is 0 Å². The molecule has 1 aliphatic rings. The van der Waals surface area contributed by atoms with E-state index in [1.54, 1.807) is 0 Å². The molecule has 0 spiro atoms. The monoisotopic (exact) mass is 264 g/mol. The third kappa shape index (κ3) is 5.33. The van der Waals surface area contributed by atoms with Crippen LogP contribution in [0, 0.1) is 5.92 Å². The molecule has 4 nitrogen and oxygen atoms in total. The average Bonchev–Trinajstić information content (AvgIpc) is 2.93. The van der Waals surface area contributed by atoms with Gasteiger partial charge in [-0.15, -0.1) is 0 Å². The molecule has 2 rings (SSSR count). The van der Waals surface area contributed by atoms with Crippen molar-refractivity contribution < 1.29 is 0 Å². The Bertz CT molecular complexity index is 317. The Morgan fingerprint density at radius 2 is 2.37 bits per heavy atom. The first kappa shape index (κ1) is 14.5. The van der Waals surface area contributed by atoms with Crippen LogP contribution in [-0.2, 0) is 6.54 Å². The van der Waals surface area contributed by atoms with E-state index in [0.717, 1.165) is 12.5 Å². The van der Waals surface area contributed by atoms with E-state index in [1.807, 2.05) is 12.5 Å². The van der Waals surface area contributed by atoms with E-state index in [2.05, 4.69) is 32.9 Å². The number of aryl methyl sites for hydroxylation is 1. The second-order valence-corrected chi connectivity index (χ2v) is 5.67. The minimum absolute atomic E-state index is 0.855. The van der Waals surface area contributed by atoms with Crippen molar-refractivity contribution in [1.29, 1.82) is 0 Å². The third-order valence-electron chi connectivity index (χ3n) is 3.91. The van der Waals surface area contributed by atoms with Crippen molar-refractivity contribution in [3.05, 3.63) is 18.7 Å². The molecule has 108 valence electrons. The number of rotatable bonds is 8. The van der Waals surface area contributed by atoms with Crippen molar-refractivity contribution in [2.75, 3.05) is 32.7 Å². The first-order valence-corrected chi connectivity index (χ1v) is 7.77.